The zero-order valence-electron chi connectivity index (χ0n) is 24.7. The molecule has 1 heterocycles. The van der Waals surface area contributed by atoms with Gasteiger partial charge < -0.3 is 10.8 Å². The summed E-state index contributed by atoms with van der Waals surface area (Å²) in [6, 6.07) is 5.20. The highest BCUT2D eigenvalue weighted by molar-refractivity contribution is 8.00. The maximum absolute atomic E-state index is 12.7. The number of nitrogens with two attached hydrogens (primary N) is 1. The quantitative estimate of drug-likeness (QED) is 0.103. The van der Waals surface area contributed by atoms with E-state index in [0.29, 0.717) is 55.7 Å². The van der Waals surface area contributed by atoms with Gasteiger partial charge in [0.2, 0.25) is 23.6 Å². The van der Waals surface area contributed by atoms with Crippen molar-refractivity contribution in [3.05, 3.63) is 29.3 Å². The lowest BCUT2D eigenvalue weighted by Crippen LogP contribution is -2.43. The van der Waals surface area contributed by atoms with Gasteiger partial charge in [0.15, 0.2) is 0 Å². The van der Waals surface area contributed by atoms with Crippen molar-refractivity contribution in [2.45, 2.75) is 94.8 Å². The summed E-state index contributed by atoms with van der Waals surface area (Å²) < 4.78 is 2.52. The number of hydrogen-bond acceptors (Lipinski definition) is 9. The van der Waals surface area contributed by atoms with Crippen LogP contribution in [0.1, 0.15) is 88.2 Å². The second kappa shape index (κ2) is 13.6. The van der Waals surface area contributed by atoms with Gasteiger partial charge in [-0.2, -0.15) is 5.10 Å². The van der Waals surface area contributed by atoms with Gasteiger partial charge in [-0.3, -0.25) is 28.8 Å². The van der Waals surface area contributed by atoms with Crippen molar-refractivity contribution in [1.29, 1.82) is 0 Å². The Bertz CT molecular complexity index is 1290. The number of nitrogens with one attached hydrogen (secondary N) is 2. The molecule has 2 saturated carbocycles. The number of primary amides is 1. The number of unbranched alkanes of at least 4 members (excludes halogenated alkanes) is 2. The Labute approximate surface area is 262 Å². The number of likely N-dealkylation sites (tertiary alicyclic amines) is 1. The Kier molecular flexibility index (Phi) is 10.1. The summed E-state index contributed by atoms with van der Waals surface area (Å²) in [5, 5.41) is 14.1. The molecular formula is C31H43N5O5S2. The zero-order valence-corrected chi connectivity index (χ0v) is 26.4. The third-order valence-electron chi connectivity index (χ3n) is 10.2. The third-order valence-corrected chi connectivity index (χ3v) is 11.8. The first-order valence-electron chi connectivity index (χ1n) is 15.4. The second-order valence-corrected chi connectivity index (χ2v) is 14.2. The predicted molar refractivity (Wildman–Crippen MR) is 169 cm³/mol. The third kappa shape index (κ3) is 6.76. The zero-order chi connectivity index (χ0) is 30.7. The maximum atomic E-state index is 12.7. The minimum absolute atomic E-state index is 0.0117. The first-order valence-corrected chi connectivity index (χ1v) is 16.9. The van der Waals surface area contributed by atoms with Gasteiger partial charge in [-0.25, -0.2) is 5.43 Å². The highest BCUT2D eigenvalue weighted by Crippen LogP contribution is 2.59. The molecule has 5 N–H and O–H groups in total. The Hall–Kier alpha value is -2.57. The fourth-order valence-electron chi connectivity index (χ4n) is 7.87. The van der Waals surface area contributed by atoms with E-state index in [-0.39, 0.29) is 35.3 Å². The van der Waals surface area contributed by atoms with Crippen molar-refractivity contribution in [2.24, 2.45) is 28.1 Å². The summed E-state index contributed by atoms with van der Waals surface area (Å²) in [6.45, 7) is 2.66. The summed E-state index contributed by atoms with van der Waals surface area (Å²) in [7, 11) is 0. The number of benzene rings is 1. The average molecular weight is 630 g/mol. The van der Waals surface area contributed by atoms with E-state index >= 15 is 0 Å². The van der Waals surface area contributed by atoms with Crippen LogP contribution in [0.25, 0.3) is 0 Å². The van der Waals surface area contributed by atoms with Crippen LogP contribution in [-0.4, -0.2) is 62.9 Å². The van der Waals surface area contributed by atoms with Crippen molar-refractivity contribution in [1.82, 2.24) is 15.0 Å². The van der Waals surface area contributed by atoms with Crippen LogP contribution in [0.3, 0.4) is 0 Å². The fraction of sp³-hybridized carbons (Fsp3) is 0.645. The molecule has 1 saturated heterocycles. The largest absolute Gasteiger partial charge is 0.508 e. The van der Waals surface area contributed by atoms with Crippen molar-refractivity contribution >= 4 is 53.9 Å². The molecule has 3 fully saturated rings. The van der Waals surface area contributed by atoms with Gasteiger partial charge in [-0.05, 0) is 92.4 Å². The van der Waals surface area contributed by atoms with E-state index < -0.39 is 17.2 Å². The van der Waals surface area contributed by atoms with E-state index in [1.165, 1.54) is 27.8 Å². The molecule has 43 heavy (non-hydrogen) atoms. The SMILES string of the molecule is CC12CCC3c4ccc(O)cc4CCC3C1CC/C2=N\NC(=O)CCCCCN1C(=O)CC(SC[C@H](NS)C(N)=O)C1=O. The van der Waals surface area contributed by atoms with Gasteiger partial charge in [0.1, 0.15) is 11.8 Å². The number of rotatable bonds is 12. The van der Waals surface area contributed by atoms with Crippen LogP contribution in [0.5, 0.6) is 5.75 Å². The van der Waals surface area contributed by atoms with Gasteiger partial charge in [0.05, 0.1) is 5.25 Å². The number of aryl methyl sites for hydroxylation is 1. The van der Waals surface area contributed by atoms with E-state index in [4.69, 9.17) is 5.73 Å². The minimum Gasteiger partial charge on any atom is -0.508 e. The smallest absolute Gasteiger partial charge is 0.242 e. The van der Waals surface area contributed by atoms with Crippen molar-refractivity contribution in [3.8, 4) is 5.75 Å². The van der Waals surface area contributed by atoms with Crippen LogP contribution in [-0.2, 0) is 25.6 Å². The second-order valence-electron chi connectivity index (χ2n) is 12.7. The molecule has 5 unspecified atom stereocenters. The molecular weight excluding hydrogens is 587 g/mol. The minimum atomic E-state index is -0.679. The normalized spacial score (nSPS) is 29.7. The van der Waals surface area contributed by atoms with Crippen LogP contribution in [0.15, 0.2) is 23.3 Å². The van der Waals surface area contributed by atoms with Crippen LogP contribution in [0.4, 0.5) is 0 Å². The summed E-state index contributed by atoms with van der Waals surface area (Å²) in [5.41, 5.74) is 11.9. The summed E-state index contributed by atoms with van der Waals surface area (Å²) in [4.78, 5) is 50.3. The summed E-state index contributed by atoms with van der Waals surface area (Å²) >= 11 is 5.12. The maximum Gasteiger partial charge on any atom is 0.242 e. The van der Waals surface area contributed by atoms with Gasteiger partial charge >= 0.3 is 0 Å². The molecule has 0 aromatic heterocycles. The van der Waals surface area contributed by atoms with Gasteiger partial charge in [-0.1, -0.05) is 32.2 Å². The molecule has 12 heteroatoms. The van der Waals surface area contributed by atoms with Crippen molar-refractivity contribution in [3.63, 3.8) is 0 Å². The molecule has 1 aromatic rings. The summed E-state index contributed by atoms with van der Waals surface area (Å²) in [6.07, 6.45) is 8.77. The van der Waals surface area contributed by atoms with E-state index in [9.17, 15) is 24.3 Å². The van der Waals surface area contributed by atoms with E-state index in [0.717, 1.165) is 44.2 Å². The monoisotopic (exact) mass is 629 g/mol. The standard InChI is InChI=1S/C31H43N5O5S2/c1-31-13-12-21-20-9-7-19(37)15-18(20)6-8-22(21)23(31)10-11-26(31)33-34-27(38)5-3-2-4-14-36-28(39)16-25(30(36)41)43-17-24(35-42)29(32)40/h7,9,15,21-25,35,37,42H,2-6,8,10-14,16-17H2,1H3,(H2,32,40)(H,34,38)/b33-26+/t21?,22?,23?,24-,25?,31?/m0/s1. The Morgan fingerprint density at radius 1 is 1.21 bits per heavy atom. The molecule has 4 amide bonds. The average Bonchev–Trinajstić information content (AvgIpc) is 3.46. The molecule has 0 bridgehead atoms. The topological polar surface area (TPSA) is 154 Å². The van der Waals surface area contributed by atoms with Gasteiger partial charge in [0, 0.05) is 36.3 Å². The summed E-state index contributed by atoms with van der Waals surface area (Å²) in [5.74, 6) is 1.21. The molecule has 5 rings (SSSR count). The number of thiol groups is 1. The predicted octanol–water partition coefficient (Wildman–Crippen LogP) is 3.43. The number of carbonyl (C=O) groups is 4. The molecule has 1 aliphatic heterocycles. The number of nitrogens with zero attached hydrogens (tertiary/aromatic N) is 2. The lowest BCUT2D eigenvalue weighted by atomic mass is 9.55. The van der Waals surface area contributed by atoms with E-state index in [2.05, 4.69) is 41.1 Å². The molecule has 3 aliphatic carbocycles. The lowest BCUT2D eigenvalue weighted by molar-refractivity contribution is -0.138. The van der Waals surface area contributed by atoms with Gasteiger partial charge in [0.25, 0.3) is 0 Å². The highest BCUT2D eigenvalue weighted by atomic mass is 32.2. The number of fused-ring (bicyclic) bond motifs is 5. The molecule has 10 nitrogen and oxygen atoms in total. The lowest BCUT2D eigenvalue weighted by Gasteiger charge is -2.49. The molecule has 234 valence electrons. The number of hydrazone groups is 1. The number of hydrogen-bond donors (Lipinski definition) is 5. The number of imide groups is 1. The van der Waals surface area contributed by atoms with Gasteiger partial charge in [-0.15, -0.1) is 11.8 Å². The molecule has 1 aromatic carbocycles. The van der Waals surface area contributed by atoms with E-state index in [1.807, 2.05) is 12.1 Å². The van der Waals surface area contributed by atoms with Crippen LogP contribution in [0, 0.1) is 17.3 Å². The van der Waals surface area contributed by atoms with Crippen LogP contribution >= 0.6 is 24.6 Å². The molecule has 0 spiro atoms. The number of carbonyl (C=O) groups excluding carboxylic acids is 4. The number of thioether (sulfide) groups is 1. The highest BCUT2D eigenvalue weighted by Gasteiger charge is 2.53. The molecule has 0 radical (unpaired) electrons. The number of aromatic hydroxyl groups is 1. The van der Waals surface area contributed by atoms with E-state index in [1.54, 1.807) is 0 Å². The first-order chi connectivity index (χ1) is 20.6. The molecule has 6 atom stereocenters. The van der Waals surface area contributed by atoms with Crippen LogP contribution < -0.4 is 15.9 Å². The Morgan fingerprint density at radius 3 is 2.79 bits per heavy atom. The Balaban J connectivity index is 1.04. The number of phenolic OH excluding ortho intramolecular Hbond substituents is 1. The fourth-order valence-corrected chi connectivity index (χ4v) is 9.42. The first kappa shape index (κ1) is 31.8. The van der Waals surface area contributed by atoms with Crippen LogP contribution in [0.2, 0.25) is 0 Å². The number of amides is 4. The van der Waals surface area contributed by atoms with Crippen molar-refractivity contribution < 1.29 is 24.3 Å². The Morgan fingerprint density at radius 2 is 2.02 bits per heavy atom. The van der Waals surface area contributed by atoms with Crippen molar-refractivity contribution in [2.75, 3.05) is 12.3 Å². The number of phenols is 1. The molecule has 4 aliphatic rings.